The summed E-state index contributed by atoms with van der Waals surface area (Å²) >= 11 is 0. The number of benzene rings is 3. The average molecular weight is 442 g/mol. The van der Waals surface area contributed by atoms with Crippen molar-refractivity contribution in [3.63, 3.8) is 0 Å². The molecule has 0 saturated carbocycles. The molecule has 1 aliphatic heterocycles. The fourth-order valence-corrected chi connectivity index (χ4v) is 5.05. The van der Waals surface area contributed by atoms with Gasteiger partial charge in [-0.3, -0.25) is 0 Å². The first kappa shape index (κ1) is 21.1. The van der Waals surface area contributed by atoms with Crippen LogP contribution < -0.4 is 9.47 Å². The Labute approximate surface area is 193 Å². The maximum atomic E-state index is 13.5. The van der Waals surface area contributed by atoms with Gasteiger partial charge in [-0.15, -0.1) is 0 Å². The van der Waals surface area contributed by atoms with Gasteiger partial charge in [-0.2, -0.15) is 0 Å². The van der Waals surface area contributed by atoms with E-state index >= 15 is 0 Å². The fourth-order valence-electron chi connectivity index (χ4n) is 5.05. The Balaban J connectivity index is 1.86. The van der Waals surface area contributed by atoms with Gasteiger partial charge in [0.25, 0.3) is 0 Å². The molecule has 3 aromatic carbocycles. The van der Waals surface area contributed by atoms with Crippen molar-refractivity contribution >= 4 is 16.7 Å². The van der Waals surface area contributed by atoms with E-state index in [-0.39, 0.29) is 5.97 Å². The molecule has 0 N–H and O–H groups in total. The second-order valence-electron chi connectivity index (χ2n) is 8.20. The lowest BCUT2D eigenvalue weighted by molar-refractivity contribution is 0.0528. The third-order valence-electron chi connectivity index (χ3n) is 6.53. The number of ether oxygens (including phenoxy) is 3. The van der Waals surface area contributed by atoms with Crippen LogP contribution in [0.5, 0.6) is 11.5 Å². The van der Waals surface area contributed by atoms with Gasteiger partial charge in [0.15, 0.2) is 11.5 Å². The Morgan fingerprint density at radius 2 is 1.70 bits per heavy atom. The summed E-state index contributed by atoms with van der Waals surface area (Å²) in [6.45, 7) is 5.03. The molecule has 5 nitrogen and oxygen atoms in total. The van der Waals surface area contributed by atoms with Crippen LogP contribution in [0.2, 0.25) is 0 Å². The molecule has 0 aliphatic carbocycles. The van der Waals surface area contributed by atoms with Gasteiger partial charge in [-0.1, -0.05) is 42.5 Å². The highest BCUT2D eigenvalue weighted by molar-refractivity contribution is 6.09. The molecule has 0 unspecified atom stereocenters. The van der Waals surface area contributed by atoms with Crippen molar-refractivity contribution in [1.82, 2.24) is 4.57 Å². The zero-order valence-electron chi connectivity index (χ0n) is 19.4. The van der Waals surface area contributed by atoms with E-state index in [9.17, 15) is 4.79 Å². The van der Waals surface area contributed by atoms with Crippen LogP contribution in [0.4, 0.5) is 0 Å². The van der Waals surface area contributed by atoms with E-state index in [1.54, 1.807) is 14.2 Å². The molecule has 168 valence electrons. The van der Waals surface area contributed by atoms with E-state index in [1.807, 2.05) is 37.3 Å². The standard InChI is InChI=1S/C28H27NO4/c1-5-33-28(30)26-25(21-12-8-10-18-9-6-7-11-20(18)21)17(2)29-14-13-19-15-23(31-3)24(32-4)16-22(19)27(26)29/h6-12,15-16H,5,13-14H2,1-4H3. The molecular weight excluding hydrogens is 414 g/mol. The average Bonchev–Trinajstić information content (AvgIpc) is 3.15. The maximum Gasteiger partial charge on any atom is 0.340 e. The normalized spacial score (nSPS) is 12.2. The van der Waals surface area contributed by atoms with Crippen molar-refractivity contribution in [3.05, 3.63) is 71.4 Å². The van der Waals surface area contributed by atoms with Crippen molar-refractivity contribution in [3.8, 4) is 33.9 Å². The summed E-state index contributed by atoms with van der Waals surface area (Å²) in [4.78, 5) is 13.5. The molecule has 5 rings (SSSR count). The zero-order chi connectivity index (χ0) is 23.1. The van der Waals surface area contributed by atoms with Crippen molar-refractivity contribution < 1.29 is 19.0 Å². The number of nitrogens with zero attached hydrogens (tertiary/aromatic N) is 1. The SMILES string of the molecule is CCOC(=O)c1c(-c2cccc3ccccc23)c(C)n2c1-c1cc(OC)c(OC)cc1CC2. The van der Waals surface area contributed by atoms with Gasteiger partial charge in [0.2, 0.25) is 0 Å². The van der Waals surface area contributed by atoms with Gasteiger partial charge in [0.1, 0.15) is 0 Å². The smallest absolute Gasteiger partial charge is 0.340 e. The van der Waals surface area contributed by atoms with Crippen LogP contribution in [-0.4, -0.2) is 31.4 Å². The van der Waals surface area contributed by atoms with Crippen LogP contribution in [0.15, 0.2) is 54.6 Å². The lowest BCUT2D eigenvalue weighted by atomic mass is 9.91. The van der Waals surface area contributed by atoms with Gasteiger partial charge in [-0.05, 0) is 54.3 Å². The van der Waals surface area contributed by atoms with Crippen LogP contribution in [0.25, 0.3) is 33.2 Å². The predicted octanol–water partition coefficient (Wildman–Crippen LogP) is 6.03. The molecule has 0 bridgehead atoms. The van der Waals surface area contributed by atoms with E-state index in [2.05, 4.69) is 35.8 Å². The molecular formula is C28H27NO4. The van der Waals surface area contributed by atoms with Gasteiger partial charge in [0, 0.05) is 23.4 Å². The third-order valence-corrected chi connectivity index (χ3v) is 6.53. The fraction of sp³-hybridized carbons (Fsp3) is 0.250. The third kappa shape index (κ3) is 3.27. The second-order valence-corrected chi connectivity index (χ2v) is 8.20. The zero-order valence-corrected chi connectivity index (χ0v) is 19.4. The molecule has 33 heavy (non-hydrogen) atoms. The van der Waals surface area contributed by atoms with Crippen LogP contribution in [0.1, 0.15) is 28.5 Å². The van der Waals surface area contributed by atoms with Gasteiger partial charge in [0.05, 0.1) is 32.1 Å². The number of hydrogen-bond donors (Lipinski definition) is 0. The Kier molecular flexibility index (Phi) is 5.33. The molecule has 0 fully saturated rings. The number of fused-ring (bicyclic) bond motifs is 4. The summed E-state index contributed by atoms with van der Waals surface area (Å²) in [6, 6.07) is 18.5. The van der Waals surface area contributed by atoms with Gasteiger partial charge >= 0.3 is 5.97 Å². The molecule has 0 amide bonds. The highest BCUT2D eigenvalue weighted by Gasteiger charge is 2.32. The quantitative estimate of drug-likeness (QED) is 0.355. The number of hydrogen-bond acceptors (Lipinski definition) is 4. The summed E-state index contributed by atoms with van der Waals surface area (Å²) in [7, 11) is 3.27. The Morgan fingerprint density at radius 3 is 2.45 bits per heavy atom. The molecule has 0 radical (unpaired) electrons. The monoisotopic (exact) mass is 441 g/mol. The lowest BCUT2D eigenvalue weighted by Crippen LogP contribution is -2.15. The lowest BCUT2D eigenvalue weighted by Gasteiger charge is -2.23. The number of aryl methyl sites for hydroxylation is 1. The highest BCUT2D eigenvalue weighted by atomic mass is 16.5. The summed E-state index contributed by atoms with van der Waals surface area (Å²) in [5.41, 5.74) is 6.64. The van der Waals surface area contributed by atoms with E-state index in [1.165, 1.54) is 0 Å². The molecule has 2 heterocycles. The number of esters is 1. The molecule has 5 heteroatoms. The number of rotatable bonds is 5. The van der Waals surface area contributed by atoms with Crippen LogP contribution in [0.3, 0.4) is 0 Å². The topological polar surface area (TPSA) is 49.7 Å². The van der Waals surface area contributed by atoms with Crippen LogP contribution >= 0.6 is 0 Å². The Morgan fingerprint density at radius 1 is 0.970 bits per heavy atom. The minimum absolute atomic E-state index is 0.306. The van der Waals surface area contributed by atoms with E-state index < -0.39 is 0 Å². The van der Waals surface area contributed by atoms with E-state index in [0.29, 0.717) is 23.7 Å². The second kappa shape index (κ2) is 8.32. The molecule has 0 atom stereocenters. The van der Waals surface area contributed by atoms with Crippen molar-refractivity contribution in [2.75, 3.05) is 20.8 Å². The van der Waals surface area contributed by atoms with Crippen molar-refractivity contribution in [1.29, 1.82) is 0 Å². The number of carbonyl (C=O) groups excluding carboxylic acids is 1. The van der Waals surface area contributed by atoms with E-state index in [4.69, 9.17) is 14.2 Å². The summed E-state index contributed by atoms with van der Waals surface area (Å²) in [5.74, 6) is 1.03. The number of methoxy groups -OCH3 is 2. The van der Waals surface area contributed by atoms with E-state index in [0.717, 1.165) is 57.4 Å². The number of aromatic nitrogens is 1. The predicted molar refractivity (Wildman–Crippen MR) is 130 cm³/mol. The van der Waals surface area contributed by atoms with Gasteiger partial charge < -0.3 is 18.8 Å². The highest BCUT2D eigenvalue weighted by Crippen LogP contribution is 2.46. The number of carbonyl (C=O) groups is 1. The molecule has 1 aromatic heterocycles. The van der Waals surface area contributed by atoms with Gasteiger partial charge in [-0.25, -0.2) is 4.79 Å². The first-order valence-corrected chi connectivity index (χ1v) is 11.2. The Bertz CT molecular complexity index is 1380. The molecule has 0 spiro atoms. The first-order chi connectivity index (χ1) is 16.1. The molecule has 4 aromatic rings. The molecule has 0 saturated heterocycles. The Hall–Kier alpha value is -3.73. The summed E-state index contributed by atoms with van der Waals surface area (Å²) < 4.78 is 19.0. The largest absolute Gasteiger partial charge is 0.493 e. The van der Waals surface area contributed by atoms with Crippen molar-refractivity contribution in [2.24, 2.45) is 0 Å². The maximum absolute atomic E-state index is 13.5. The first-order valence-electron chi connectivity index (χ1n) is 11.2. The molecule has 1 aliphatic rings. The van der Waals surface area contributed by atoms with Crippen LogP contribution in [0, 0.1) is 6.92 Å². The van der Waals surface area contributed by atoms with Crippen LogP contribution in [-0.2, 0) is 17.7 Å². The summed E-state index contributed by atoms with van der Waals surface area (Å²) in [5, 5.41) is 2.25. The van der Waals surface area contributed by atoms with Crippen molar-refractivity contribution in [2.45, 2.75) is 26.8 Å². The minimum atomic E-state index is -0.306. The minimum Gasteiger partial charge on any atom is -0.493 e. The summed E-state index contributed by atoms with van der Waals surface area (Å²) in [6.07, 6.45) is 0.843.